The van der Waals surface area contributed by atoms with Gasteiger partial charge >= 0.3 is 0 Å². The summed E-state index contributed by atoms with van der Waals surface area (Å²) in [5, 5.41) is 8.86. The van der Waals surface area contributed by atoms with Gasteiger partial charge in [0.25, 0.3) is 0 Å². The number of aliphatic hydroxyl groups excluding tert-OH is 1. The Morgan fingerprint density at radius 1 is 1.05 bits per heavy atom. The highest BCUT2D eigenvalue weighted by molar-refractivity contribution is 5.57. The molecule has 0 fully saturated rings. The molecule has 0 amide bonds. The molecule has 100 valence electrons. The third kappa shape index (κ3) is 3.39. The number of ether oxygens (including phenoxy) is 2. The Bertz CT molecular complexity index is 538. The van der Waals surface area contributed by atoms with Gasteiger partial charge in [-0.05, 0) is 36.2 Å². The molecule has 2 aromatic rings. The van der Waals surface area contributed by atoms with E-state index < -0.39 is 0 Å². The third-order valence-corrected chi connectivity index (χ3v) is 2.77. The predicted octanol–water partition coefficient (Wildman–Crippen LogP) is 2.60. The Hall–Kier alpha value is -2.20. The van der Waals surface area contributed by atoms with Gasteiger partial charge in [0.15, 0.2) is 5.75 Å². The number of nitrogens with two attached hydrogens (primary N) is 1. The highest BCUT2D eigenvalue weighted by Gasteiger charge is 2.04. The fraction of sp³-hybridized carbons (Fsp3) is 0.200. The number of hydrogen-bond donors (Lipinski definition) is 2. The average molecular weight is 259 g/mol. The van der Waals surface area contributed by atoms with Crippen LogP contribution in [0.15, 0.2) is 42.5 Å². The molecule has 0 aliphatic carbocycles. The van der Waals surface area contributed by atoms with Crippen LogP contribution in [0.2, 0.25) is 0 Å². The number of rotatable bonds is 5. The van der Waals surface area contributed by atoms with Crippen molar-refractivity contribution in [3.63, 3.8) is 0 Å². The minimum Gasteiger partial charge on any atom is -0.497 e. The van der Waals surface area contributed by atoms with Crippen LogP contribution in [-0.2, 0) is 6.42 Å². The minimum absolute atomic E-state index is 0.142. The molecule has 4 nitrogen and oxygen atoms in total. The van der Waals surface area contributed by atoms with Crippen molar-refractivity contribution in [3.8, 4) is 17.2 Å². The van der Waals surface area contributed by atoms with Gasteiger partial charge in [0.05, 0.1) is 12.8 Å². The molecule has 0 saturated carbocycles. The summed E-state index contributed by atoms with van der Waals surface area (Å²) in [4.78, 5) is 0. The Morgan fingerprint density at radius 3 is 2.37 bits per heavy atom. The van der Waals surface area contributed by atoms with E-state index in [1.165, 1.54) is 0 Å². The van der Waals surface area contributed by atoms with Crippen molar-refractivity contribution in [2.75, 3.05) is 19.5 Å². The Balaban J connectivity index is 2.16. The molecule has 0 bridgehead atoms. The van der Waals surface area contributed by atoms with Crippen molar-refractivity contribution in [2.24, 2.45) is 0 Å². The monoisotopic (exact) mass is 259 g/mol. The number of hydrogen-bond acceptors (Lipinski definition) is 4. The van der Waals surface area contributed by atoms with Crippen LogP contribution in [0.25, 0.3) is 0 Å². The summed E-state index contributed by atoms with van der Waals surface area (Å²) in [6.45, 7) is 0.142. The van der Waals surface area contributed by atoms with E-state index in [2.05, 4.69) is 0 Å². The zero-order chi connectivity index (χ0) is 13.7. The summed E-state index contributed by atoms with van der Waals surface area (Å²) in [6.07, 6.45) is 0.640. The maximum Gasteiger partial charge on any atom is 0.153 e. The zero-order valence-corrected chi connectivity index (χ0v) is 10.8. The lowest BCUT2D eigenvalue weighted by molar-refractivity contribution is 0.299. The average Bonchev–Trinajstić information content (AvgIpc) is 2.44. The van der Waals surface area contributed by atoms with Gasteiger partial charge in [0.2, 0.25) is 0 Å². The van der Waals surface area contributed by atoms with Crippen LogP contribution in [0.1, 0.15) is 5.56 Å². The van der Waals surface area contributed by atoms with Crippen molar-refractivity contribution in [3.05, 3.63) is 48.0 Å². The van der Waals surface area contributed by atoms with Gasteiger partial charge in [0, 0.05) is 12.7 Å². The molecule has 2 aromatic carbocycles. The van der Waals surface area contributed by atoms with Crippen LogP contribution in [0.4, 0.5) is 5.69 Å². The lowest BCUT2D eigenvalue weighted by Gasteiger charge is -2.10. The maximum absolute atomic E-state index is 8.86. The normalized spacial score (nSPS) is 10.2. The third-order valence-electron chi connectivity index (χ3n) is 2.77. The quantitative estimate of drug-likeness (QED) is 0.810. The fourth-order valence-electron chi connectivity index (χ4n) is 1.71. The topological polar surface area (TPSA) is 64.7 Å². The summed E-state index contributed by atoms with van der Waals surface area (Å²) >= 11 is 0. The first kappa shape index (κ1) is 13.2. The zero-order valence-electron chi connectivity index (χ0n) is 10.8. The summed E-state index contributed by atoms with van der Waals surface area (Å²) in [6, 6.07) is 12.8. The maximum atomic E-state index is 8.86. The van der Waals surface area contributed by atoms with Gasteiger partial charge in [-0.25, -0.2) is 0 Å². The lowest BCUT2D eigenvalue weighted by Crippen LogP contribution is -1.94. The van der Waals surface area contributed by atoms with Crippen LogP contribution in [0.5, 0.6) is 17.2 Å². The largest absolute Gasteiger partial charge is 0.497 e. The van der Waals surface area contributed by atoms with Crippen LogP contribution in [0.3, 0.4) is 0 Å². The number of nitrogen functional groups attached to an aromatic ring is 1. The summed E-state index contributed by atoms with van der Waals surface area (Å²) in [5.74, 6) is 1.96. The van der Waals surface area contributed by atoms with Gasteiger partial charge in [-0.1, -0.05) is 12.1 Å². The summed E-state index contributed by atoms with van der Waals surface area (Å²) in [5.41, 5.74) is 7.48. The molecule has 0 heterocycles. The highest BCUT2D eigenvalue weighted by Crippen LogP contribution is 2.31. The van der Waals surface area contributed by atoms with Crippen LogP contribution in [0, 0.1) is 0 Å². The molecule has 0 aliphatic heterocycles. The van der Waals surface area contributed by atoms with E-state index in [1.807, 2.05) is 24.3 Å². The van der Waals surface area contributed by atoms with Crippen molar-refractivity contribution >= 4 is 5.69 Å². The number of methoxy groups -OCH3 is 1. The fourth-order valence-corrected chi connectivity index (χ4v) is 1.71. The molecule has 0 aromatic heterocycles. The molecule has 0 aliphatic rings. The molecule has 4 heteroatoms. The van der Waals surface area contributed by atoms with E-state index in [-0.39, 0.29) is 6.61 Å². The predicted molar refractivity (Wildman–Crippen MR) is 74.7 cm³/mol. The van der Waals surface area contributed by atoms with Crippen molar-refractivity contribution in [2.45, 2.75) is 6.42 Å². The Kier molecular flexibility index (Phi) is 4.26. The SMILES string of the molecule is COc1ccc(N)c(Oc2ccc(CCO)cc2)c1. The molecular formula is C15H17NO3. The van der Waals surface area contributed by atoms with E-state index in [0.717, 1.165) is 5.56 Å². The molecule has 0 spiro atoms. The van der Waals surface area contributed by atoms with Gasteiger partial charge in [-0.15, -0.1) is 0 Å². The van der Waals surface area contributed by atoms with Crippen molar-refractivity contribution in [1.82, 2.24) is 0 Å². The van der Waals surface area contributed by atoms with E-state index in [4.69, 9.17) is 20.3 Å². The second-order valence-electron chi connectivity index (χ2n) is 4.12. The molecule has 0 unspecified atom stereocenters. The van der Waals surface area contributed by atoms with E-state index in [0.29, 0.717) is 29.4 Å². The van der Waals surface area contributed by atoms with Gasteiger partial charge in [0.1, 0.15) is 11.5 Å². The highest BCUT2D eigenvalue weighted by atomic mass is 16.5. The van der Waals surface area contributed by atoms with Crippen molar-refractivity contribution in [1.29, 1.82) is 0 Å². The molecule has 0 atom stereocenters. The molecule has 0 radical (unpaired) electrons. The first-order valence-electron chi connectivity index (χ1n) is 6.04. The van der Waals surface area contributed by atoms with Crippen molar-refractivity contribution < 1.29 is 14.6 Å². The second-order valence-corrected chi connectivity index (χ2v) is 4.12. The number of benzene rings is 2. The van der Waals surface area contributed by atoms with E-state index in [1.54, 1.807) is 25.3 Å². The molecule has 2 rings (SSSR count). The molecular weight excluding hydrogens is 242 g/mol. The van der Waals surface area contributed by atoms with Crippen LogP contribution < -0.4 is 15.2 Å². The van der Waals surface area contributed by atoms with Crippen LogP contribution >= 0.6 is 0 Å². The first-order chi connectivity index (χ1) is 9.22. The second kappa shape index (κ2) is 6.11. The first-order valence-corrected chi connectivity index (χ1v) is 6.04. The molecule has 3 N–H and O–H groups in total. The van der Waals surface area contributed by atoms with Gasteiger partial charge < -0.3 is 20.3 Å². The smallest absolute Gasteiger partial charge is 0.153 e. The van der Waals surface area contributed by atoms with Gasteiger partial charge in [-0.3, -0.25) is 0 Å². The number of anilines is 1. The lowest BCUT2D eigenvalue weighted by atomic mass is 10.1. The Morgan fingerprint density at radius 2 is 1.74 bits per heavy atom. The van der Waals surface area contributed by atoms with Gasteiger partial charge in [-0.2, -0.15) is 0 Å². The summed E-state index contributed by atoms with van der Waals surface area (Å²) < 4.78 is 10.9. The van der Waals surface area contributed by atoms with E-state index >= 15 is 0 Å². The van der Waals surface area contributed by atoms with Crippen LogP contribution in [-0.4, -0.2) is 18.8 Å². The summed E-state index contributed by atoms with van der Waals surface area (Å²) in [7, 11) is 1.60. The Labute approximate surface area is 112 Å². The minimum atomic E-state index is 0.142. The number of aliphatic hydroxyl groups is 1. The standard InChI is InChI=1S/C15H17NO3/c1-18-13-6-7-14(16)15(10-13)19-12-4-2-11(3-5-12)8-9-17/h2-7,10,17H,8-9,16H2,1H3. The molecule has 0 saturated heterocycles. The molecule has 19 heavy (non-hydrogen) atoms. The van der Waals surface area contributed by atoms with E-state index in [9.17, 15) is 0 Å².